The molecule has 1 aliphatic carbocycles. The van der Waals surface area contributed by atoms with Gasteiger partial charge in [0.1, 0.15) is 11.9 Å². The zero-order valence-corrected chi connectivity index (χ0v) is 20.9. The number of halogens is 1. The molecule has 1 atom stereocenters. The lowest BCUT2D eigenvalue weighted by Crippen LogP contribution is -2.48. The Morgan fingerprint density at radius 3 is 2.53 bits per heavy atom. The summed E-state index contributed by atoms with van der Waals surface area (Å²) < 4.78 is 20.0. The third kappa shape index (κ3) is 5.99. The molecule has 0 spiro atoms. The van der Waals surface area contributed by atoms with E-state index in [0.717, 1.165) is 37.0 Å². The van der Waals surface area contributed by atoms with E-state index in [4.69, 9.17) is 4.74 Å². The number of carbonyl (C=O) groups is 3. The predicted molar refractivity (Wildman–Crippen MR) is 137 cm³/mol. The van der Waals surface area contributed by atoms with E-state index in [2.05, 4.69) is 5.32 Å². The number of nitrogens with zero attached hydrogens (tertiary/aromatic N) is 1. The Hall–Kier alpha value is -3.52. The van der Waals surface area contributed by atoms with Crippen LogP contribution in [0.15, 0.2) is 66.0 Å². The molecular weight excluding hydrogens is 479 g/mol. The minimum Gasteiger partial charge on any atom is -0.465 e. The molecule has 0 radical (unpaired) electrons. The quantitative estimate of drug-likeness (QED) is 0.411. The summed E-state index contributed by atoms with van der Waals surface area (Å²) in [5, 5.41) is 4.94. The number of thiophene rings is 1. The second kappa shape index (κ2) is 11.9. The van der Waals surface area contributed by atoms with Gasteiger partial charge < -0.3 is 10.1 Å². The van der Waals surface area contributed by atoms with E-state index >= 15 is 4.39 Å². The predicted octanol–water partition coefficient (Wildman–Crippen LogP) is 5.44. The van der Waals surface area contributed by atoms with Crippen molar-refractivity contribution >= 4 is 34.8 Å². The third-order valence-electron chi connectivity index (χ3n) is 6.38. The summed E-state index contributed by atoms with van der Waals surface area (Å²) in [6.07, 6.45) is 4.86. The Morgan fingerprint density at radius 1 is 1.06 bits per heavy atom. The van der Waals surface area contributed by atoms with Gasteiger partial charge in [0.25, 0.3) is 0 Å². The summed E-state index contributed by atoms with van der Waals surface area (Å²) in [7, 11) is 1.27. The number of rotatable bonds is 8. The molecule has 1 aliphatic rings. The number of hydrogen-bond acceptors (Lipinski definition) is 5. The van der Waals surface area contributed by atoms with Crippen LogP contribution < -0.4 is 10.2 Å². The molecule has 1 fully saturated rings. The first kappa shape index (κ1) is 25.6. The highest BCUT2D eigenvalue weighted by Crippen LogP contribution is 2.32. The van der Waals surface area contributed by atoms with Gasteiger partial charge in [0.15, 0.2) is 0 Å². The first-order valence-corrected chi connectivity index (χ1v) is 12.9. The lowest BCUT2D eigenvalue weighted by Gasteiger charge is -2.33. The van der Waals surface area contributed by atoms with Crippen LogP contribution in [0.3, 0.4) is 0 Å². The number of nitrogens with one attached hydrogen (secondary N) is 1. The molecule has 1 unspecified atom stereocenters. The van der Waals surface area contributed by atoms with E-state index in [1.54, 1.807) is 30.3 Å². The van der Waals surface area contributed by atoms with Crippen LogP contribution in [0, 0.1) is 5.82 Å². The first-order valence-electron chi connectivity index (χ1n) is 12.1. The average Bonchev–Trinajstić information content (AvgIpc) is 3.41. The molecule has 188 valence electrons. The Labute approximate surface area is 214 Å². The van der Waals surface area contributed by atoms with Crippen LogP contribution in [-0.2, 0) is 20.7 Å². The van der Waals surface area contributed by atoms with Crippen LogP contribution in [0.25, 0.3) is 0 Å². The second-order valence-electron chi connectivity index (χ2n) is 8.83. The Morgan fingerprint density at radius 2 is 1.83 bits per heavy atom. The highest BCUT2D eigenvalue weighted by Gasteiger charge is 2.36. The summed E-state index contributed by atoms with van der Waals surface area (Å²) in [4.78, 5) is 42.0. The van der Waals surface area contributed by atoms with Gasteiger partial charge >= 0.3 is 5.97 Å². The van der Waals surface area contributed by atoms with E-state index in [1.807, 2.05) is 17.5 Å². The smallest absolute Gasteiger partial charge is 0.337 e. The minimum atomic E-state index is -1.26. The van der Waals surface area contributed by atoms with Crippen LogP contribution in [0.1, 0.15) is 58.9 Å². The Bertz CT molecular complexity index is 1210. The van der Waals surface area contributed by atoms with Crippen molar-refractivity contribution in [2.24, 2.45) is 0 Å². The molecule has 6 nitrogen and oxygen atoms in total. The average molecular weight is 509 g/mol. The lowest BCUT2D eigenvalue weighted by atomic mass is 9.94. The molecule has 2 aromatic carbocycles. The van der Waals surface area contributed by atoms with Crippen LogP contribution in [0.4, 0.5) is 10.1 Å². The van der Waals surface area contributed by atoms with E-state index < -0.39 is 23.7 Å². The number of methoxy groups -OCH3 is 1. The number of carbonyl (C=O) groups excluding carboxylic acids is 3. The molecule has 0 aliphatic heterocycles. The van der Waals surface area contributed by atoms with Gasteiger partial charge in [-0.2, -0.15) is 0 Å². The molecule has 1 aromatic heterocycles. The number of esters is 1. The van der Waals surface area contributed by atoms with Gasteiger partial charge in [-0.1, -0.05) is 49.6 Å². The Kier molecular flexibility index (Phi) is 8.48. The molecular formula is C28H29FN2O4S. The minimum absolute atomic E-state index is 0.0295. The van der Waals surface area contributed by atoms with Crippen molar-refractivity contribution in [2.75, 3.05) is 12.0 Å². The van der Waals surface area contributed by atoms with Crippen LogP contribution in [0.2, 0.25) is 0 Å². The molecule has 1 N–H and O–H groups in total. The van der Waals surface area contributed by atoms with Crippen molar-refractivity contribution in [3.8, 4) is 0 Å². The van der Waals surface area contributed by atoms with E-state index in [9.17, 15) is 14.4 Å². The van der Waals surface area contributed by atoms with Crippen molar-refractivity contribution in [1.82, 2.24) is 5.32 Å². The first-order chi connectivity index (χ1) is 17.5. The molecule has 0 bridgehead atoms. The van der Waals surface area contributed by atoms with Crippen LogP contribution in [-0.4, -0.2) is 30.9 Å². The van der Waals surface area contributed by atoms with Crippen molar-refractivity contribution in [1.29, 1.82) is 0 Å². The molecule has 8 heteroatoms. The maximum atomic E-state index is 15.2. The largest absolute Gasteiger partial charge is 0.465 e. The maximum Gasteiger partial charge on any atom is 0.337 e. The summed E-state index contributed by atoms with van der Waals surface area (Å²) in [6, 6.07) is 14.7. The molecule has 1 heterocycles. The van der Waals surface area contributed by atoms with Crippen LogP contribution in [0.5, 0.6) is 0 Å². The summed E-state index contributed by atoms with van der Waals surface area (Å²) >= 11 is 1.43. The van der Waals surface area contributed by atoms with Gasteiger partial charge in [-0.25, -0.2) is 9.18 Å². The normalized spacial score (nSPS) is 14.6. The number of anilines is 1. The topological polar surface area (TPSA) is 75.7 Å². The number of ether oxygens (including phenoxy) is 1. The fourth-order valence-electron chi connectivity index (χ4n) is 4.61. The van der Waals surface area contributed by atoms with Crippen molar-refractivity contribution in [2.45, 2.75) is 50.6 Å². The summed E-state index contributed by atoms with van der Waals surface area (Å²) in [6.45, 7) is 0. The highest BCUT2D eigenvalue weighted by molar-refractivity contribution is 7.10. The van der Waals surface area contributed by atoms with E-state index in [0.29, 0.717) is 5.69 Å². The standard InChI is InChI=1S/C28H29FN2O4S/c1-35-28(34)19-9-7-12-21(17-19)31(25(32)18-22-13-8-16-36-22)26(23-14-5-6-15-24(23)29)27(33)30-20-10-3-2-4-11-20/h5-9,12-17,20,26H,2-4,10-11,18H2,1H3,(H,30,33). The molecule has 1 saturated carbocycles. The molecule has 0 saturated heterocycles. The van der Waals surface area contributed by atoms with Gasteiger partial charge in [0.2, 0.25) is 11.8 Å². The number of amides is 2. The fourth-order valence-corrected chi connectivity index (χ4v) is 5.30. The van der Waals surface area contributed by atoms with Gasteiger partial charge in [-0.3, -0.25) is 14.5 Å². The zero-order valence-electron chi connectivity index (χ0n) is 20.1. The van der Waals surface area contributed by atoms with Crippen molar-refractivity contribution < 1.29 is 23.5 Å². The lowest BCUT2D eigenvalue weighted by molar-refractivity contribution is -0.127. The SMILES string of the molecule is COC(=O)c1cccc(N(C(=O)Cc2cccs2)C(C(=O)NC2CCCCC2)c2ccccc2F)c1. The number of hydrogen-bond donors (Lipinski definition) is 1. The molecule has 2 amide bonds. The zero-order chi connectivity index (χ0) is 25.5. The highest BCUT2D eigenvalue weighted by atomic mass is 32.1. The maximum absolute atomic E-state index is 15.2. The van der Waals surface area contributed by atoms with Crippen molar-refractivity contribution in [3.63, 3.8) is 0 Å². The summed E-state index contributed by atoms with van der Waals surface area (Å²) in [5.41, 5.74) is 0.629. The van der Waals surface area contributed by atoms with Crippen LogP contribution >= 0.6 is 11.3 Å². The van der Waals surface area contributed by atoms with E-state index in [1.165, 1.54) is 41.5 Å². The van der Waals surface area contributed by atoms with Gasteiger partial charge in [0.05, 0.1) is 19.1 Å². The van der Waals surface area contributed by atoms with Crippen molar-refractivity contribution in [3.05, 3.63) is 87.9 Å². The van der Waals surface area contributed by atoms with Gasteiger partial charge in [-0.05, 0) is 48.6 Å². The molecule has 3 aromatic rings. The Balaban J connectivity index is 1.80. The molecule has 4 rings (SSSR count). The summed E-state index contributed by atoms with van der Waals surface area (Å²) in [5.74, 6) is -1.99. The fraction of sp³-hybridized carbons (Fsp3) is 0.321. The van der Waals surface area contributed by atoms with Gasteiger partial charge in [0, 0.05) is 22.2 Å². The third-order valence-corrected chi connectivity index (χ3v) is 7.25. The van der Waals surface area contributed by atoms with E-state index in [-0.39, 0.29) is 29.5 Å². The monoisotopic (exact) mass is 508 g/mol. The number of benzene rings is 2. The second-order valence-corrected chi connectivity index (χ2v) is 9.86. The molecule has 36 heavy (non-hydrogen) atoms. The van der Waals surface area contributed by atoms with Gasteiger partial charge in [-0.15, -0.1) is 11.3 Å².